The molecule has 2 rings (SSSR count). The molecule has 0 spiro atoms. The summed E-state index contributed by atoms with van der Waals surface area (Å²) >= 11 is 21.3. The van der Waals surface area contributed by atoms with Crippen molar-refractivity contribution in [2.45, 2.75) is 3.79 Å². The third kappa shape index (κ3) is 3.17. The second kappa shape index (κ2) is 5.19. The van der Waals surface area contributed by atoms with E-state index >= 15 is 0 Å². The fourth-order valence-corrected chi connectivity index (χ4v) is 2.37. The van der Waals surface area contributed by atoms with Gasteiger partial charge in [-0.15, -0.1) is 0 Å². The van der Waals surface area contributed by atoms with E-state index in [0.29, 0.717) is 5.56 Å². The highest BCUT2D eigenvalue weighted by Crippen LogP contribution is 2.43. The molecule has 0 heterocycles. The molecular formula is C13H8BrCl3. The van der Waals surface area contributed by atoms with Crippen LogP contribution in [0.5, 0.6) is 0 Å². The van der Waals surface area contributed by atoms with Crippen LogP contribution in [-0.2, 0) is 3.79 Å². The number of hydrogen-bond acceptors (Lipinski definition) is 0. The third-order valence-electron chi connectivity index (χ3n) is 2.39. The first kappa shape index (κ1) is 13.2. The Hall–Kier alpha value is -0.210. The first-order valence-corrected chi connectivity index (χ1v) is 6.83. The lowest BCUT2D eigenvalue weighted by molar-refractivity contribution is 1.24. The summed E-state index contributed by atoms with van der Waals surface area (Å²) in [4.78, 5) is 0. The molecule has 0 nitrogen and oxygen atoms in total. The highest BCUT2D eigenvalue weighted by Gasteiger charge is 2.25. The Morgan fingerprint density at radius 3 is 2.00 bits per heavy atom. The van der Waals surface area contributed by atoms with E-state index in [0.717, 1.165) is 15.6 Å². The highest BCUT2D eigenvalue weighted by atomic mass is 79.9. The largest absolute Gasteiger partial charge is 0.216 e. The Morgan fingerprint density at radius 1 is 0.824 bits per heavy atom. The second-order valence-corrected chi connectivity index (χ2v) is 6.75. The maximum absolute atomic E-state index is 5.97. The molecule has 0 fully saturated rings. The number of alkyl halides is 3. The van der Waals surface area contributed by atoms with Gasteiger partial charge in [0, 0.05) is 10.0 Å². The molecule has 88 valence electrons. The summed E-state index contributed by atoms with van der Waals surface area (Å²) in [6.45, 7) is 0. The third-order valence-corrected chi connectivity index (χ3v) is 3.53. The normalized spacial score (nSPS) is 11.5. The van der Waals surface area contributed by atoms with Gasteiger partial charge in [-0.25, -0.2) is 0 Å². The molecule has 0 aliphatic heterocycles. The molecule has 0 radical (unpaired) electrons. The quantitative estimate of drug-likeness (QED) is 0.558. The molecule has 0 aliphatic carbocycles. The van der Waals surface area contributed by atoms with Crippen molar-refractivity contribution in [3.8, 4) is 11.1 Å². The molecular weight excluding hydrogens is 342 g/mol. The summed E-state index contributed by atoms with van der Waals surface area (Å²) in [5, 5.41) is 0. The zero-order valence-electron chi connectivity index (χ0n) is 8.63. The molecule has 0 unspecified atom stereocenters. The molecule has 0 bridgehead atoms. The lowest BCUT2D eigenvalue weighted by Gasteiger charge is -2.16. The van der Waals surface area contributed by atoms with Crippen LogP contribution in [0.4, 0.5) is 0 Å². The predicted molar refractivity (Wildman–Crippen MR) is 78.8 cm³/mol. The fraction of sp³-hybridized carbons (Fsp3) is 0.0769. The molecule has 0 aliphatic rings. The molecule has 4 heteroatoms. The first-order chi connectivity index (χ1) is 7.98. The average Bonchev–Trinajstić information content (AvgIpc) is 2.29. The lowest BCUT2D eigenvalue weighted by Crippen LogP contribution is -2.02. The Kier molecular flexibility index (Phi) is 4.04. The van der Waals surface area contributed by atoms with Crippen LogP contribution in [0, 0.1) is 0 Å². The summed E-state index contributed by atoms with van der Waals surface area (Å²) in [6.07, 6.45) is 0. The van der Waals surface area contributed by atoms with Crippen LogP contribution < -0.4 is 0 Å². The van der Waals surface area contributed by atoms with E-state index in [1.165, 1.54) is 0 Å². The van der Waals surface area contributed by atoms with Crippen LogP contribution in [0.2, 0.25) is 0 Å². The predicted octanol–water partition coefficient (Wildman–Crippen LogP) is 5.94. The van der Waals surface area contributed by atoms with Gasteiger partial charge in [0.2, 0.25) is 3.79 Å². The summed E-state index contributed by atoms with van der Waals surface area (Å²) in [5.41, 5.74) is 2.64. The van der Waals surface area contributed by atoms with Gasteiger partial charge in [-0.3, -0.25) is 0 Å². The maximum Gasteiger partial charge on any atom is 0.216 e. The molecule has 0 saturated carbocycles. The van der Waals surface area contributed by atoms with E-state index in [9.17, 15) is 0 Å². The van der Waals surface area contributed by atoms with Crippen molar-refractivity contribution in [1.29, 1.82) is 0 Å². The van der Waals surface area contributed by atoms with Crippen molar-refractivity contribution in [3.05, 3.63) is 58.6 Å². The molecule has 0 saturated heterocycles. The van der Waals surface area contributed by atoms with Crippen LogP contribution in [-0.4, -0.2) is 0 Å². The van der Waals surface area contributed by atoms with Gasteiger partial charge in [-0.05, 0) is 23.3 Å². The Morgan fingerprint density at radius 2 is 1.41 bits per heavy atom. The summed E-state index contributed by atoms with van der Waals surface area (Å²) in [6, 6.07) is 15.5. The molecule has 2 aromatic rings. The fourth-order valence-electron chi connectivity index (χ4n) is 1.61. The number of halogens is 4. The smallest absolute Gasteiger partial charge is 0.0784 e. The van der Waals surface area contributed by atoms with Gasteiger partial charge in [-0.1, -0.05) is 87.1 Å². The van der Waals surface area contributed by atoms with E-state index in [-0.39, 0.29) is 0 Å². The number of benzene rings is 2. The van der Waals surface area contributed by atoms with E-state index in [1.807, 2.05) is 48.5 Å². The molecule has 0 aromatic heterocycles. The van der Waals surface area contributed by atoms with Crippen LogP contribution in [0.25, 0.3) is 11.1 Å². The zero-order valence-corrected chi connectivity index (χ0v) is 12.5. The SMILES string of the molecule is ClC(Cl)(Cl)c1ccccc1-c1ccc(Br)cc1. The first-order valence-electron chi connectivity index (χ1n) is 4.90. The molecule has 0 N–H and O–H groups in total. The minimum atomic E-state index is -1.41. The van der Waals surface area contributed by atoms with Crippen molar-refractivity contribution in [3.63, 3.8) is 0 Å². The Balaban J connectivity index is 2.56. The van der Waals surface area contributed by atoms with Crippen molar-refractivity contribution in [2.24, 2.45) is 0 Å². The molecule has 2 aromatic carbocycles. The van der Waals surface area contributed by atoms with Crippen LogP contribution in [0.3, 0.4) is 0 Å². The summed E-state index contributed by atoms with van der Waals surface area (Å²) < 4.78 is -0.392. The van der Waals surface area contributed by atoms with E-state index in [1.54, 1.807) is 0 Å². The zero-order chi connectivity index (χ0) is 12.5. The van der Waals surface area contributed by atoms with Gasteiger partial charge in [-0.2, -0.15) is 0 Å². The van der Waals surface area contributed by atoms with Crippen LogP contribution >= 0.6 is 50.7 Å². The van der Waals surface area contributed by atoms with Crippen LogP contribution in [0.1, 0.15) is 5.56 Å². The van der Waals surface area contributed by atoms with Gasteiger partial charge in [0.25, 0.3) is 0 Å². The summed E-state index contributed by atoms with van der Waals surface area (Å²) in [7, 11) is 0. The topological polar surface area (TPSA) is 0 Å². The number of hydrogen-bond donors (Lipinski definition) is 0. The van der Waals surface area contributed by atoms with Gasteiger partial charge in [0.05, 0.1) is 0 Å². The number of rotatable bonds is 1. The van der Waals surface area contributed by atoms with Crippen molar-refractivity contribution in [2.75, 3.05) is 0 Å². The van der Waals surface area contributed by atoms with Crippen molar-refractivity contribution < 1.29 is 0 Å². The van der Waals surface area contributed by atoms with E-state index in [2.05, 4.69) is 15.9 Å². The van der Waals surface area contributed by atoms with Gasteiger partial charge < -0.3 is 0 Å². The maximum atomic E-state index is 5.97. The van der Waals surface area contributed by atoms with Gasteiger partial charge >= 0.3 is 0 Å². The van der Waals surface area contributed by atoms with E-state index < -0.39 is 3.79 Å². The van der Waals surface area contributed by atoms with Crippen molar-refractivity contribution in [1.82, 2.24) is 0 Å². The molecule has 0 atom stereocenters. The second-order valence-electron chi connectivity index (χ2n) is 3.55. The van der Waals surface area contributed by atoms with Crippen molar-refractivity contribution >= 4 is 50.7 Å². The van der Waals surface area contributed by atoms with Gasteiger partial charge in [0.1, 0.15) is 0 Å². The summed E-state index contributed by atoms with van der Waals surface area (Å²) in [5.74, 6) is 0. The Bertz CT molecular complexity index is 515. The Labute approximate surface area is 124 Å². The van der Waals surface area contributed by atoms with Crippen LogP contribution in [0.15, 0.2) is 53.0 Å². The average molecular weight is 350 g/mol. The molecule has 17 heavy (non-hydrogen) atoms. The minimum absolute atomic E-state index is 0.687. The van der Waals surface area contributed by atoms with Gasteiger partial charge in [0.15, 0.2) is 0 Å². The monoisotopic (exact) mass is 348 g/mol. The van der Waals surface area contributed by atoms with E-state index in [4.69, 9.17) is 34.8 Å². The minimum Gasteiger partial charge on any atom is -0.0784 e. The standard InChI is InChI=1S/C13H8BrCl3/c14-10-7-5-9(6-8-10)11-3-1-2-4-12(11)13(15,16)17/h1-8H. The highest BCUT2D eigenvalue weighted by molar-refractivity contribution is 9.10. The lowest BCUT2D eigenvalue weighted by atomic mass is 10.0. The molecule has 0 amide bonds.